The number of furan rings is 1. The highest BCUT2D eigenvalue weighted by Crippen LogP contribution is 2.25. The van der Waals surface area contributed by atoms with E-state index in [0.717, 1.165) is 0 Å². The van der Waals surface area contributed by atoms with Crippen LogP contribution in [-0.4, -0.2) is 26.5 Å². The van der Waals surface area contributed by atoms with Crippen LogP contribution in [0.5, 0.6) is 5.75 Å². The molecule has 0 aliphatic heterocycles. The van der Waals surface area contributed by atoms with Crippen LogP contribution in [0, 0.1) is 0 Å². The second kappa shape index (κ2) is 9.89. The number of ketones is 1. The Hall–Kier alpha value is -3.62. The van der Waals surface area contributed by atoms with Crippen LogP contribution in [-0.2, 0) is 13.2 Å². The molecule has 1 amide bonds. The molecule has 0 atom stereocenters. The van der Waals surface area contributed by atoms with E-state index in [1.165, 1.54) is 24.0 Å². The number of carbonyl (C=O) groups is 2. The Morgan fingerprint density at radius 1 is 1.06 bits per heavy atom. The number of benzene rings is 2. The van der Waals surface area contributed by atoms with E-state index >= 15 is 0 Å². The number of nitrogens with one attached hydrogen (secondary N) is 1. The van der Waals surface area contributed by atoms with Crippen LogP contribution in [0.1, 0.15) is 39.2 Å². The molecular weight excluding hydrogens is 467 g/mol. The maximum atomic E-state index is 12.5. The standard InChI is InChI=1S/C23H18Cl2N4O4/c1-14(30)15-5-7-16(8-6-15)32-12-17-9-10-21(33-17)22(31)27-23-26-13-29(28-23)11-18-19(24)3-2-4-20(18)25/h2-10,13H,11-12H2,1H3,(H,27,28,31). The zero-order chi connectivity index (χ0) is 23.4. The minimum Gasteiger partial charge on any atom is -0.486 e. The van der Waals surface area contributed by atoms with Gasteiger partial charge in [0.2, 0.25) is 5.95 Å². The van der Waals surface area contributed by atoms with Gasteiger partial charge in [-0.25, -0.2) is 9.67 Å². The predicted octanol–water partition coefficient (Wildman–Crippen LogP) is 5.26. The number of hydrogen-bond donors (Lipinski definition) is 1. The first-order valence-corrected chi connectivity index (χ1v) is 10.6. The van der Waals surface area contributed by atoms with E-state index in [-0.39, 0.29) is 24.1 Å². The third-order valence-corrected chi connectivity index (χ3v) is 5.38. The van der Waals surface area contributed by atoms with Gasteiger partial charge in [-0.15, -0.1) is 5.10 Å². The summed E-state index contributed by atoms with van der Waals surface area (Å²) in [5.74, 6) is 0.725. The summed E-state index contributed by atoms with van der Waals surface area (Å²) in [6, 6.07) is 15.2. The summed E-state index contributed by atoms with van der Waals surface area (Å²) < 4.78 is 12.7. The Bertz CT molecular complexity index is 1280. The molecule has 0 radical (unpaired) electrons. The summed E-state index contributed by atoms with van der Waals surface area (Å²) in [6.45, 7) is 1.93. The number of halogens is 2. The van der Waals surface area contributed by atoms with Crippen molar-refractivity contribution in [3.63, 3.8) is 0 Å². The molecule has 10 heteroatoms. The maximum Gasteiger partial charge on any atom is 0.293 e. The van der Waals surface area contributed by atoms with Gasteiger partial charge in [-0.1, -0.05) is 29.3 Å². The zero-order valence-electron chi connectivity index (χ0n) is 17.4. The topological polar surface area (TPSA) is 99.2 Å². The van der Waals surface area contributed by atoms with Crippen molar-refractivity contribution < 1.29 is 18.7 Å². The van der Waals surface area contributed by atoms with Gasteiger partial charge in [0.15, 0.2) is 11.5 Å². The van der Waals surface area contributed by atoms with Gasteiger partial charge in [-0.05, 0) is 55.5 Å². The molecule has 0 spiro atoms. The number of carbonyl (C=O) groups excluding carboxylic acids is 2. The van der Waals surface area contributed by atoms with Gasteiger partial charge in [-0.2, -0.15) is 0 Å². The largest absolute Gasteiger partial charge is 0.486 e. The molecule has 0 bridgehead atoms. The molecule has 0 unspecified atom stereocenters. The highest BCUT2D eigenvalue weighted by atomic mass is 35.5. The lowest BCUT2D eigenvalue weighted by Crippen LogP contribution is -2.12. The first-order chi connectivity index (χ1) is 15.9. The fraction of sp³-hybridized carbons (Fsp3) is 0.130. The number of rotatable bonds is 8. The smallest absolute Gasteiger partial charge is 0.293 e. The molecule has 168 valence electrons. The number of anilines is 1. The van der Waals surface area contributed by atoms with Crippen LogP contribution in [0.3, 0.4) is 0 Å². The molecule has 0 aliphatic rings. The van der Waals surface area contributed by atoms with Gasteiger partial charge in [0.25, 0.3) is 5.91 Å². The normalized spacial score (nSPS) is 10.8. The summed E-state index contributed by atoms with van der Waals surface area (Å²) >= 11 is 12.4. The van der Waals surface area contributed by atoms with Gasteiger partial charge in [-0.3, -0.25) is 14.9 Å². The number of ether oxygens (including phenoxy) is 1. The summed E-state index contributed by atoms with van der Waals surface area (Å²) in [5, 5.41) is 7.84. The van der Waals surface area contributed by atoms with Gasteiger partial charge in [0, 0.05) is 21.2 Å². The molecule has 2 heterocycles. The van der Waals surface area contributed by atoms with Gasteiger partial charge >= 0.3 is 0 Å². The Labute approximate surface area is 199 Å². The van der Waals surface area contributed by atoms with Crippen molar-refractivity contribution in [2.24, 2.45) is 0 Å². The monoisotopic (exact) mass is 484 g/mol. The number of Topliss-reactive ketones (excluding diaryl/α,β-unsaturated/α-hetero) is 1. The van der Waals surface area contributed by atoms with E-state index in [1.54, 1.807) is 48.5 Å². The highest BCUT2D eigenvalue weighted by Gasteiger charge is 2.15. The first kappa shape index (κ1) is 22.6. The van der Waals surface area contributed by atoms with Crippen molar-refractivity contribution in [2.75, 3.05) is 5.32 Å². The van der Waals surface area contributed by atoms with Crippen LogP contribution >= 0.6 is 23.2 Å². The minimum absolute atomic E-state index is 0.0183. The van der Waals surface area contributed by atoms with Crippen LogP contribution in [0.4, 0.5) is 5.95 Å². The number of nitrogens with zero attached hydrogens (tertiary/aromatic N) is 3. The molecule has 2 aromatic carbocycles. The Morgan fingerprint density at radius 3 is 2.48 bits per heavy atom. The number of amides is 1. The second-order valence-electron chi connectivity index (χ2n) is 7.06. The molecule has 0 saturated carbocycles. The Morgan fingerprint density at radius 2 is 1.79 bits per heavy atom. The highest BCUT2D eigenvalue weighted by molar-refractivity contribution is 6.35. The van der Waals surface area contributed by atoms with Crippen LogP contribution in [0.25, 0.3) is 0 Å². The molecule has 0 fully saturated rings. The summed E-state index contributed by atoms with van der Waals surface area (Å²) in [5.41, 5.74) is 1.31. The van der Waals surface area contributed by atoms with E-state index in [0.29, 0.717) is 39.2 Å². The summed E-state index contributed by atoms with van der Waals surface area (Å²) in [6.07, 6.45) is 1.47. The van der Waals surface area contributed by atoms with Crippen LogP contribution in [0.15, 0.2) is 65.3 Å². The fourth-order valence-corrected chi connectivity index (χ4v) is 3.47. The molecule has 2 aromatic heterocycles. The van der Waals surface area contributed by atoms with Crippen molar-refractivity contribution >= 4 is 40.8 Å². The SMILES string of the molecule is CC(=O)c1ccc(OCc2ccc(C(=O)Nc3ncn(Cc4c(Cl)cccc4Cl)n3)o2)cc1. The Balaban J connectivity index is 1.34. The summed E-state index contributed by atoms with van der Waals surface area (Å²) in [7, 11) is 0. The van der Waals surface area contributed by atoms with E-state index in [9.17, 15) is 9.59 Å². The Kier molecular flexibility index (Phi) is 6.76. The molecule has 8 nitrogen and oxygen atoms in total. The lowest BCUT2D eigenvalue weighted by molar-refractivity contribution is 0.0989. The lowest BCUT2D eigenvalue weighted by Gasteiger charge is -2.06. The molecule has 4 aromatic rings. The lowest BCUT2D eigenvalue weighted by atomic mass is 10.1. The predicted molar refractivity (Wildman–Crippen MR) is 123 cm³/mol. The molecule has 0 aliphatic carbocycles. The van der Waals surface area contributed by atoms with E-state index in [4.69, 9.17) is 32.4 Å². The third kappa shape index (κ3) is 5.60. The molecule has 1 N–H and O–H groups in total. The average molecular weight is 485 g/mol. The third-order valence-electron chi connectivity index (χ3n) is 4.67. The quantitative estimate of drug-likeness (QED) is 0.342. The molecule has 4 rings (SSSR count). The van der Waals surface area contributed by atoms with Crippen molar-refractivity contribution in [1.29, 1.82) is 0 Å². The van der Waals surface area contributed by atoms with E-state index in [1.807, 2.05) is 0 Å². The first-order valence-electron chi connectivity index (χ1n) is 9.85. The fourth-order valence-electron chi connectivity index (χ4n) is 2.95. The molecular formula is C23H18Cl2N4O4. The number of hydrogen-bond acceptors (Lipinski definition) is 6. The molecule has 33 heavy (non-hydrogen) atoms. The second-order valence-corrected chi connectivity index (χ2v) is 7.87. The maximum absolute atomic E-state index is 12.5. The van der Waals surface area contributed by atoms with Gasteiger partial charge in [0.1, 0.15) is 24.4 Å². The van der Waals surface area contributed by atoms with Crippen LogP contribution in [0.2, 0.25) is 10.0 Å². The van der Waals surface area contributed by atoms with Crippen molar-refractivity contribution in [3.05, 3.63) is 93.6 Å². The van der Waals surface area contributed by atoms with E-state index in [2.05, 4.69) is 15.4 Å². The van der Waals surface area contributed by atoms with Crippen molar-refractivity contribution in [2.45, 2.75) is 20.1 Å². The number of aromatic nitrogens is 3. The van der Waals surface area contributed by atoms with Gasteiger partial charge in [0.05, 0.1) is 6.54 Å². The summed E-state index contributed by atoms with van der Waals surface area (Å²) in [4.78, 5) is 27.9. The van der Waals surface area contributed by atoms with E-state index < -0.39 is 5.91 Å². The van der Waals surface area contributed by atoms with Crippen LogP contribution < -0.4 is 10.1 Å². The van der Waals surface area contributed by atoms with Crippen molar-refractivity contribution in [1.82, 2.24) is 14.8 Å². The zero-order valence-corrected chi connectivity index (χ0v) is 18.9. The minimum atomic E-state index is -0.499. The molecule has 0 saturated heterocycles. The van der Waals surface area contributed by atoms with Crippen molar-refractivity contribution in [3.8, 4) is 5.75 Å². The van der Waals surface area contributed by atoms with Gasteiger partial charge < -0.3 is 9.15 Å². The average Bonchev–Trinajstić information content (AvgIpc) is 3.45.